The van der Waals surface area contributed by atoms with Gasteiger partial charge in [-0.3, -0.25) is 9.69 Å². The Hall–Kier alpha value is -2.59. The summed E-state index contributed by atoms with van der Waals surface area (Å²) < 4.78 is 0. The van der Waals surface area contributed by atoms with E-state index in [0.717, 1.165) is 39.4 Å². The van der Waals surface area contributed by atoms with E-state index in [2.05, 4.69) is 38.1 Å². The molecule has 3 aromatic carbocycles. The summed E-state index contributed by atoms with van der Waals surface area (Å²) in [7, 11) is 0. The lowest BCUT2D eigenvalue weighted by molar-refractivity contribution is 0.0849. The van der Waals surface area contributed by atoms with Crippen LogP contribution in [0.15, 0.2) is 65.7 Å². The summed E-state index contributed by atoms with van der Waals surface area (Å²) in [5.74, 6) is 1.02. The number of nitrogens with zero attached hydrogens (tertiary/aromatic N) is 2. The zero-order valence-electron chi connectivity index (χ0n) is 15.6. The molecule has 27 heavy (non-hydrogen) atoms. The number of carbonyl (C=O) groups is 1. The summed E-state index contributed by atoms with van der Waals surface area (Å²) in [5, 5.41) is 3.03. The van der Waals surface area contributed by atoms with Gasteiger partial charge in [0, 0.05) is 17.9 Å². The van der Waals surface area contributed by atoms with Gasteiger partial charge in [-0.15, -0.1) is 0 Å². The number of carbonyl (C=O) groups excluding carboxylic acids is 1. The number of thioether (sulfide) groups is 1. The Bertz CT molecular complexity index is 1040. The van der Waals surface area contributed by atoms with E-state index in [1.807, 2.05) is 41.3 Å². The zero-order chi connectivity index (χ0) is 18.8. The molecule has 0 unspecified atom stereocenters. The Morgan fingerprint density at radius 1 is 1.00 bits per heavy atom. The monoisotopic (exact) mass is 374 g/mol. The topological polar surface area (TPSA) is 32.7 Å². The number of rotatable bonds is 2. The van der Waals surface area contributed by atoms with Crippen LogP contribution in [-0.4, -0.2) is 28.3 Å². The van der Waals surface area contributed by atoms with Crippen molar-refractivity contribution in [2.24, 2.45) is 4.99 Å². The van der Waals surface area contributed by atoms with E-state index in [1.165, 1.54) is 5.56 Å². The molecule has 1 aliphatic rings. The molecular weight excluding hydrogens is 352 g/mol. The van der Waals surface area contributed by atoms with Crippen LogP contribution < -0.4 is 0 Å². The second kappa shape index (κ2) is 7.57. The fourth-order valence-corrected chi connectivity index (χ4v) is 4.21. The lowest BCUT2D eigenvalue weighted by Crippen LogP contribution is -2.39. The summed E-state index contributed by atoms with van der Waals surface area (Å²) in [6.45, 7) is 4.83. The molecule has 1 fully saturated rings. The van der Waals surface area contributed by atoms with Crippen LogP contribution in [0.2, 0.25) is 0 Å². The molecule has 1 amide bonds. The molecule has 0 aromatic heterocycles. The summed E-state index contributed by atoms with van der Waals surface area (Å²) in [6.07, 6.45) is 0.982. The third-order valence-corrected chi connectivity index (χ3v) is 5.87. The van der Waals surface area contributed by atoms with Crippen LogP contribution in [0, 0.1) is 13.8 Å². The molecule has 0 spiro atoms. The van der Waals surface area contributed by atoms with Crippen molar-refractivity contribution in [3.8, 4) is 0 Å². The van der Waals surface area contributed by atoms with Crippen LogP contribution in [0.3, 0.4) is 0 Å². The summed E-state index contributed by atoms with van der Waals surface area (Å²) in [5.41, 5.74) is 3.95. The van der Waals surface area contributed by atoms with Gasteiger partial charge in [-0.25, -0.2) is 4.99 Å². The Morgan fingerprint density at radius 2 is 1.81 bits per heavy atom. The first kappa shape index (κ1) is 17.8. The van der Waals surface area contributed by atoms with E-state index in [9.17, 15) is 4.79 Å². The maximum atomic E-state index is 13.2. The van der Waals surface area contributed by atoms with Crippen LogP contribution in [0.25, 0.3) is 10.8 Å². The lowest BCUT2D eigenvalue weighted by atomic mass is 10.1. The molecule has 4 heteroatoms. The van der Waals surface area contributed by atoms with Gasteiger partial charge < -0.3 is 0 Å². The zero-order valence-corrected chi connectivity index (χ0v) is 16.4. The van der Waals surface area contributed by atoms with Gasteiger partial charge in [0.25, 0.3) is 5.91 Å². The Kier molecular flexibility index (Phi) is 4.99. The fraction of sp³-hybridized carbons (Fsp3) is 0.217. The van der Waals surface area contributed by atoms with Crippen LogP contribution >= 0.6 is 11.8 Å². The summed E-state index contributed by atoms with van der Waals surface area (Å²) in [4.78, 5) is 19.9. The Balaban J connectivity index is 1.69. The van der Waals surface area contributed by atoms with Crippen molar-refractivity contribution >= 4 is 39.3 Å². The maximum absolute atomic E-state index is 13.2. The Labute approximate surface area is 164 Å². The van der Waals surface area contributed by atoms with E-state index < -0.39 is 0 Å². The van der Waals surface area contributed by atoms with Crippen LogP contribution in [0.4, 0.5) is 5.69 Å². The molecule has 3 aromatic rings. The van der Waals surface area contributed by atoms with Gasteiger partial charge >= 0.3 is 0 Å². The van der Waals surface area contributed by atoms with Gasteiger partial charge in [-0.1, -0.05) is 54.2 Å². The number of hydrogen-bond acceptors (Lipinski definition) is 3. The van der Waals surface area contributed by atoms with Gasteiger partial charge in [-0.2, -0.15) is 0 Å². The number of aliphatic imine (C=N–C) groups is 1. The van der Waals surface area contributed by atoms with Crippen molar-refractivity contribution < 1.29 is 4.79 Å². The van der Waals surface area contributed by atoms with Gasteiger partial charge in [0.1, 0.15) is 0 Å². The van der Waals surface area contributed by atoms with Crippen LogP contribution in [0.1, 0.15) is 27.9 Å². The number of amides is 1. The summed E-state index contributed by atoms with van der Waals surface area (Å²) >= 11 is 1.66. The van der Waals surface area contributed by atoms with Crippen LogP contribution in [-0.2, 0) is 0 Å². The standard InChI is InChI=1S/C23H22N2OS/c1-16-8-9-17(2)21(14-16)24-23-25(12-5-13-27-23)22(26)20-11-10-18-6-3-4-7-19(18)15-20/h3-4,6-11,14-15H,5,12-13H2,1-2H3. The average molecular weight is 375 g/mol. The second-order valence-electron chi connectivity index (χ2n) is 6.91. The van der Waals surface area contributed by atoms with Gasteiger partial charge in [0.2, 0.25) is 0 Å². The molecule has 0 aliphatic carbocycles. The van der Waals surface area contributed by atoms with Gasteiger partial charge in [0.15, 0.2) is 5.17 Å². The molecule has 0 radical (unpaired) electrons. The average Bonchev–Trinajstić information content (AvgIpc) is 2.70. The predicted molar refractivity (Wildman–Crippen MR) is 115 cm³/mol. The highest BCUT2D eigenvalue weighted by atomic mass is 32.2. The maximum Gasteiger partial charge on any atom is 0.259 e. The van der Waals surface area contributed by atoms with Crippen molar-refractivity contribution in [2.45, 2.75) is 20.3 Å². The van der Waals surface area contributed by atoms with Crippen molar-refractivity contribution in [1.29, 1.82) is 0 Å². The molecule has 1 aliphatic heterocycles. The summed E-state index contributed by atoms with van der Waals surface area (Å²) in [6, 6.07) is 20.3. The van der Waals surface area contributed by atoms with Crippen molar-refractivity contribution in [3.63, 3.8) is 0 Å². The molecular formula is C23H22N2OS. The highest BCUT2D eigenvalue weighted by molar-refractivity contribution is 8.13. The first-order chi connectivity index (χ1) is 13.1. The highest BCUT2D eigenvalue weighted by Gasteiger charge is 2.25. The molecule has 0 atom stereocenters. The number of aryl methyl sites for hydroxylation is 2. The quantitative estimate of drug-likeness (QED) is 0.574. The normalized spacial score (nSPS) is 16.1. The van der Waals surface area contributed by atoms with Crippen LogP contribution in [0.5, 0.6) is 0 Å². The minimum Gasteiger partial charge on any atom is -0.287 e. The van der Waals surface area contributed by atoms with E-state index >= 15 is 0 Å². The first-order valence-corrected chi connectivity index (χ1v) is 10.2. The molecule has 3 nitrogen and oxygen atoms in total. The van der Waals surface area contributed by atoms with E-state index in [0.29, 0.717) is 12.1 Å². The third kappa shape index (κ3) is 3.76. The molecule has 0 saturated carbocycles. The van der Waals surface area contributed by atoms with Crippen molar-refractivity contribution in [1.82, 2.24) is 4.90 Å². The second-order valence-corrected chi connectivity index (χ2v) is 7.97. The molecule has 4 rings (SSSR count). The van der Waals surface area contributed by atoms with E-state index in [-0.39, 0.29) is 5.91 Å². The largest absolute Gasteiger partial charge is 0.287 e. The number of fused-ring (bicyclic) bond motifs is 1. The number of amidine groups is 1. The lowest BCUT2D eigenvalue weighted by Gasteiger charge is -2.28. The minimum absolute atomic E-state index is 0.0250. The van der Waals surface area contributed by atoms with E-state index in [4.69, 9.17) is 4.99 Å². The minimum atomic E-state index is 0.0250. The molecule has 0 N–H and O–H groups in total. The van der Waals surface area contributed by atoms with Gasteiger partial charge in [0.05, 0.1) is 5.69 Å². The van der Waals surface area contributed by atoms with Gasteiger partial charge in [-0.05, 0) is 60.4 Å². The fourth-order valence-electron chi connectivity index (χ4n) is 3.26. The number of benzene rings is 3. The predicted octanol–water partition coefficient (Wildman–Crippen LogP) is 5.72. The first-order valence-electron chi connectivity index (χ1n) is 9.21. The molecule has 0 bridgehead atoms. The van der Waals surface area contributed by atoms with Crippen molar-refractivity contribution in [3.05, 3.63) is 77.4 Å². The number of hydrogen-bond donors (Lipinski definition) is 0. The molecule has 136 valence electrons. The third-order valence-electron chi connectivity index (χ3n) is 4.81. The SMILES string of the molecule is Cc1ccc(C)c(N=C2SCCCN2C(=O)c2ccc3ccccc3c2)c1. The smallest absolute Gasteiger partial charge is 0.259 e. The highest BCUT2D eigenvalue weighted by Crippen LogP contribution is 2.27. The molecule has 1 heterocycles. The van der Waals surface area contributed by atoms with Crippen molar-refractivity contribution in [2.75, 3.05) is 12.3 Å². The molecule has 1 saturated heterocycles. The Morgan fingerprint density at radius 3 is 2.67 bits per heavy atom. The van der Waals surface area contributed by atoms with E-state index in [1.54, 1.807) is 11.8 Å².